The molecular weight excluding hydrogens is 310 g/mol. The van der Waals surface area contributed by atoms with Crippen LogP contribution in [0, 0.1) is 0 Å². The van der Waals surface area contributed by atoms with Crippen molar-refractivity contribution in [3.8, 4) is 5.75 Å². The van der Waals surface area contributed by atoms with E-state index in [1.165, 1.54) is 26.2 Å². The molecule has 1 unspecified atom stereocenters. The Labute approximate surface area is 129 Å². The number of benzene rings is 1. The zero-order chi connectivity index (χ0) is 16.4. The zero-order valence-electron chi connectivity index (χ0n) is 12.5. The van der Waals surface area contributed by atoms with Gasteiger partial charge in [-0.2, -0.15) is 0 Å². The first-order valence-electron chi connectivity index (χ1n) is 6.76. The summed E-state index contributed by atoms with van der Waals surface area (Å²) in [6.07, 6.45) is 0.366. The number of rotatable bonds is 7. The largest absolute Gasteiger partial charge is 0.493 e. The number of nitrogens with one attached hydrogen (secondary N) is 1. The van der Waals surface area contributed by atoms with Crippen LogP contribution in [0.1, 0.15) is 18.9 Å². The molecule has 7 nitrogen and oxygen atoms in total. The Morgan fingerprint density at radius 1 is 1.50 bits per heavy atom. The molecule has 0 aliphatic carbocycles. The van der Waals surface area contributed by atoms with E-state index < -0.39 is 21.5 Å². The summed E-state index contributed by atoms with van der Waals surface area (Å²) in [5.74, 6) is -0.561. The summed E-state index contributed by atoms with van der Waals surface area (Å²) in [7, 11) is -2.49. The molecule has 0 radical (unpaired) electrons. The molecule has 0 amide bonds. The number of fused-ring (bicyclic) bond motifs is 1. The number of methoxy groups -OCH3 is 1. The number of carbonyl (C=O) groups is 1. The summed E-state index contributed by atoms with van der Waals surface area (Å²) in [5.41, 5.74) is -0.275. The summed E-state index contributed by atoms with van der Waals surface area (Å²) in [4.78, 5) is 11.0. The molecule has 8 heteroatoms. The summed E-state index contributed by atoms with van der Waals surface area (Å²) in [6.45, 7) is 1.97. The Kier molecular flexibility index (Phi) is 4.74. The van der Waals surface area contributed by atoms with Crippen LogP contribution in [0.25, 0.3) is 0 Å². The van der Waals surface area contributed by atoms with Crippen molar-refractivity contribution >= 4 is 16.0 Å². The van der Waals surface area contributed by atoms with Gasteiger partial charge in [-0.1, -0.05) is 6.07 Å². The summed E-state index contributed by atoms with van der Waals surface area (Å²) in [5, 5.41) is 8.96. The molecule has 0 bridgehead atoms. The predicted molar refractivity (Wildman–Crippen MR) is 78.5 cm³/mol. The van der Waals surface area contributed by atoms with Gasteiger partial charge in [0, 0.05) is 19.6 Å². The van der Waals surface area contributed by atoms with Crippen molar-refractivity contribution in [1.82, 2.24) is 4.72 Å². The van der Waals surface area contributed by atoms with Crippen molar-refractivity contribution in [2.45, 2.75) is 30.2 Å². The number of carboxylic acid groups (broad SMARTS) is 1. The molecule has 1 aromatic rings. The van der Waals surface area contributed by atoms with Crippen LogP contribution in [0.2, 0.25) is 0 Å². The molecule has 1 atom stereocenters. The lowest BCUT2D eigenvalue weighted by molar-refractivity contribution is -0.138. The Balaban J connectivity index is 2.27. The normalized spacial score (nSPS) is 16.6. The molecular formula is C14H19NO6S. The van der Waals surface area contributed by atoms with E-state index in [9.17, 15) is 13.2 Å². The van der Waals surface area contributed by atoms with Gasteiger partial charge in [-0.3, -0.25) is 4.79 Å². The van der Waals surface area contributed by atoms with Crippen molar-refractivity contribution in [3.05, 3.63) is 23.8 Å². The van der Waals surface area contributed by atoms with E-state index in [2.05, 4.69) is 4.72 Å². The maximum Gasteiger partial charge on any atom is 0.305 e. The highest BCUT2D eigenvalue weighted by Crippen LogP contribution is 2.28. The van der Waals surface area contributed by atoms with Crippen LogP contribution < -0.4 is 9.46 Å². The second kappa shape index (κ2) is 6.23. The van der Waals surface area contributed by atoms with Gasteiger partial charge in [0.2, 0.25) is 10.0 Å². The summed E-state index contributed by atoms with van der Waals surface area (Å²) in [6, 6.07) is 4.66. The van der Waals surface area contributed by atoms with Gasteiger partial charge in [-0.15, -0.1) is 0 Å². The topological polar surface area (TPSA) is 102 Å². The van der Waals surface area contributed by atoms with Gasteiger partial charge in [0.25, 0.3) is 0 Å². The molecule has 0 spiro atoms. The zero-order valence-corrected chi connectivity index (χ0v) is 13.3. The molecule has 1 heterocycles. The van der Waals surface area contributed by atoms with Crippen LogP contribution in [-0.2, 0) is 26.0 Å². The Hall–Kier alpha value is -1.64. The average molecular weight is 329 g/mol. The second-order valence-corrected chi connectivity index (χ2v) is 7.22. The highest BCUT2D eigenvalue weighted by atomic mass is 32.2. The molecule has 0 saturated heterocycles. The van der Waals surface area contributed by atoms with Gasteiger partial charge in [0.1, 0.15) is 5.75 Å². The minimum Gasteiger partial charge on any atom is -0.493 e. The van der Waals surface area contributed by atoms with Gasteiger partial charge in [-0.05, 0) is 18.6 Å². The van der Waals surface area contributed by atoms with Crippen molar-refractivity contribution in [2.75, 3.05) is 20.3 Å². The number of carboxylic acids is 1. The van der Waals surface area contributed by atoms with Crippen molar-refractivity contribution < 1.29 is 27.8 Å². The molecule has 0 saturated carbocycles. The van der Waals surface area contributed by atoms with Crippen LogP contribution in [-0.4, -0.2) is 45.4 Å². The van der Waals surface area contributed by atoms with Crippen molar-refractivity contribution in [1.29, 1.82) is 0 Å². The fourth-order valence-electron chi connectivity index (χ4n) is 2.47. The molecule has 2 N–H and O–H groups in total. The van der Waals surface area contributed by atoms with Crippen molar-refractivity contribution in [2.24, 2.45) is 0 Å². The maximum absolute atomic E-state index is 12.5. The smallest absolute Gasteiger partial charge is 0.305 e. The van der Waals surface area contributed by atoms with E-state index in [0.29, 0.717) is 12.4 Å². The van der Waals surface area contributed by atoms with Gasteiger partial charge in [0.05, 0.1) is 30.1 Å². The minimum atomic E-state index is -3.88. The second-order valence-electron chi connectivity index (χ2n) is 5.54. The van der Waals surface area contributed by atoms with Crippen LogP contribution >= 0.6 is 0 Å². The van der Waals surface area contributed by atoms with Crippen LogP contribution in [0.15, 0.2) is 23.1 Å². The number of ether oxygens (including phenoxy) is 2. The lowest BCUT2D eigenvalue weighted by Gasteiger charge is -2.28. The SMILES string of the molecule is COCC(C)(CC(=O)O)NS(=O)(=O)c1ccc2c(c1)OCC2. The number of hydrogen-bond donors (Lipinski definition) is 2. The predicted octanol–water partition coefficient (Wildman–Crippen LogP) is 0.780. The summed E-state index contributed by atoms with van der Waals surface area (Å²) < 4.78 is 37.7. The minimum absolute atomic E-state index is 0.0425. The fraction of sp³-hybridized carbons (Fsp3) is 0.500. The summed E-state index contributed by atoms with van der Waals surface area (Å²) >= 11 is 0. The first-order valence-corrected chi connectivity index (χ1v) is 8.24. The lowest BCUT2D eigenvalue weighted by atomic mass is 10.0. The molecule has 0 fully saturated rings. The number of sulfonamides is 1. The first-order chi connectivity index (χ1) is 10.3. The monoisotopic (exact) mass is 329 g/mol. The highest BCUT2D eigenvalue weighted by molar-refractivity contribution is 7.89. The third-order valence-corrected chi connectivity index (χ3v) is 5.00. The standard InChI is InChI=1S/C14H19NO6S/c1-14(9-20-2,8-13(16)17)15-22(18,19)11-4-3-10-5-6-21-12(10)7-11/h3-4,7,15H,5-6,8-9H2,1-2H3,(H,16,17). The van der Waals surface area contributed by atoms with E-state index in [1.54, 1.807) is 6.07 Å². The van der Waals surface area contributed by atoms with Gasteiger partial charge in [-0.25, -0.2) is 13.1 Å². The molecule has 122 valence electrons. The molecule has 1 aliphatic rings. The molecule has 0 aromatic heterocycles. The molecule has 22 heavy (non-hydrogen) atoms. The van der Waals surface area contributed by atoms with Crippen LogP contribution in [0.3, 0.4) is 0 Å². The van der Waals surface area contributed by atoms with Gasteiger partial charge < -0.3 is 14.6 Å². The third kappa shape index (κ3) is 3.76. The average Bonchev–Trinajstić information content (AvgIpc) is 2.83. The van der Waals surface area contributed by atoms with E-state index in [4.69, 9.17) is 14.6 Å². The van der Waals surface area contributed by atoms with E-state index >= 15 is 0 Å². The molecule has 1 aliphatic heterocycles. The molecule has 2 rings (SSSR count). The highest BCUT2D eigenvalue weighted by Gasteiger charge is 2.33. The quantitative estimate of drug-likeness (QED) is 0.766. The van der Waals surface area contributed by atoms with E-state index in [-0.39, 0.29) is 17.9 Å². The van der Waals surface area contributed by atoms with Gasteiger partial charge >= 0.3 is 5.97 Å². The van der Waals surface area contributed by atoms with E-state index in [1.807, 2.05) is 0 Å². The fourth-order valence-corrected chi connectivity index (χ4v) is 3.87. The Morgan fingerprint density at radius 3 is 2.86 bits per heavy atom. The third-order valence-electron chi connectivity index (χ3n) is 3.36. The number of hydrogen-bond acceptors (Lipinski definition) is 5. The van der Waals surface area contributed by atoms with Crippen LogP contribution in [0.4, 0.5) is 0 Å². The van der Waals surface area contributed by atoms with Crippen LogP contribution in [0.5, 0.6) is 5.75 Å². The molecule has 1 aromatic carbocycles. The first kappa shape index (κ1) is 16.7. The van der Waals surface area contributed by atoms with Gasteiger partial charge in [0.15, 0.2) is 0 Å². The van der Waals surface area contributed by atoms with E-state index in [0.717, 1.165) is 12.0 Å². The lowest BCUT2D eigenvalue weighted by Crippen LogP contribution is -2.50. The van der Waals surface area contributed by atoms with Crippen molar-refractivity contribution in [3.63, 3.8) is 0 Å². The maximum atomic E-state index is 12.5. The Bertz CT molecular complexity index is 672. The number of aliphatic carboxylic acids is 1. The Morgan fingerprint density at radius 2 is 2.23 bits per heavy atom.